The predicted octanol–water partition coefficient (Wildman–Crippen LogP) is 1.29. The summed E-state index contributed by atoms with van der Waals surface area (Å²) in [6.45, 7) is 3.81. The average Bonchev–Trinajstić information content (AvgIpc) is 2.91. The van der Waals surface area contributed by atoms with Crippen LogP contribution in [0.1, 0.15) is 31.6 Å². The van der Waals surface area contributed by atoms with Gasteiger partial charge in [-0.25, -0.2) is 9.89 Å². The van der Waals surface area contributed by atoms with Crippen molar-refractivity contribution in [1.29, 1.82) is 0 Å². The highest BCUT2D eigenvalue weighted by molar-refractivity contribution is 7.99. The molecule has 0 aliphatic carbocycles. The van der Waals surface area contributed by atoms with Crippen LogP contribution in [0.25, 0.3) is 0 Å². The van der Waals surface area contributed by atoms with Gasteiger partial charge in [0.15, 0.2) is 11.3 Å². The van der Waals surface area contributed by atoms with Crippen molar-refractivity contribution in [2.24, 2.45) is 0 Å². The number of fused-ring (bicyclic) bond motifs is 1. The summed E-state index contributed by atoms with van der Waals surface area (Å²) in [7, 11) is 0. The van der Waals surface area contributed by atoms with E-state index < -0.39 is 12.0 Å². The maximum atomic E-state index is 11.7. The largest absolute Gasteiger partial charge is 0.378 e. The van der Waals surface area contributed by atoms with Crippen LogP contribution in [0.4, 0.5) is 5.69 Å². The van der Waals surface area contributed by atoms with Gasteiger partial charge in [-0.05, 0) is 37.7 Å². The Balaban J connectivity index is 1.93. The number of anilines is 1. The standard InChI is InChI=1S/C13H14N4O3S/c1-6(2)17-12(20)15-16-13(17)21-7-3-4-8-9(5-7)14-11(19)10(8)18/h3-6,10,18H,1-2H3,(H,14,19)(H,15,20). The Labute approximate surface area is 124 Å². The number of benzene rings is 1. The zero-order valence-electron chi connectivity index (χ0n) is 11.5. The first kappa shape index (κ1) is 13.9. The van der Waals surface area contributed by atoms with Crippen LogP contribution in [0.5, 0.6) is 0 Å². The molecule has 3 N–H and O–H groups in total. The number of nitrogens with zero attached hydrogens (tertiary/aromatic N) is 2. The zero-order chi connectivity index (χ0) is 15.1. The lowest BCUT2D eigenvalue weighted by molar-refractivity contribution is -0.123. The zero-order valence-corrected chi connectivity index (χ0v) is 12.3. The van der Waals surface area contributed by atoms with E-state index in [1.165, 1.54) is 11.8 Å². The lowest BCUT2D eigenvalue weighted by atomic mass is 10.1. The molecule has 2 heterocycles. The second-order valence-electron chi connectivity index (χ2n) is 5.02. The topological polar surface area (TPSA) is 100 Å². The number of aliphatic hydroxyl groups is 1. The molecule has 1 aliphatic rings. The van der Waals surface area contributed by atoms with Gasteiger partial charge in [-0.2, -0.15) is 0 Å². The Hall–Kier alpha value is -2.06. The van der Waals surface area contributed by atoms with Gasteiger partial charge < -0.3 is 10.4 Å². The number of hydrogen-bond donors (Lipinski definition) is 3. The molecule has 2 aromatic rings. The Kier molecular flexibility index (Phi) is 3.34. The highest BCUT2D eigenvalue weighted by Gasteiger charge is 2.28. The SMILES string of the molecule is CC(C)n1c(Sc2ccc3c(c2)NC(=O)C3O)n[nH]c1=O. The quantitative estimate of drug-likeness (QED) is 0.793. The first-order valence-electron chi connectivity index (χ1n) is 6.45. The molecule has 0 radical (unpaired) electrons. The minimum absolute atomic E-state index is 0.00491. The molecule has 21 heavy (non-hydrogen) atoms. The molecule has 1 aromatic heterocycles. The molecule has 7 nitrogen and oxygen atoms in total. The smallest absolute Gasteiger partial charge is 0.344 e. The molecular weight excluding hydrogens is 292 g/mol. The van der Waals surface area contributed by atoms with Crippen LogP contribution in [0.2, 0.25) is 0 Å². The van der Waals surface area contributed by atoms with Gasteiger partial charge in [0.25, 0.3) is 5.91 Å². The number of hydrogen-bond acceptors (Lipinski definition) is 5. The predicted molar refractivity (Wildman–Crippen MR) is 77.4 cm³/mol. The van der Waals surface area contributed by atoms with Crippen LogP contribution in [0.15, 0.2) is 33.0 Å². The molecule has 0 saturated heterocycles. The van der Waals surface area contributed by atoms with Gasteiger partial charge in [0.1, 0.15) is 0 Å². The van der Waals surface area contributed by atoms with E-state index in [0.717, 1.165) is 4.90 Å². The van der Waals surface area contributed by atoms with E-state index in [1.54, 1.807) is 22.8 Å². The summed E-state index contributed by atoms with van der Waals surface area (Å²) in [6.07, 6.45) is -1.11. The highest BCUT2D eigenvalue weighted by atomic mass is 32.2. The molecule has 3 rings (SSSR count). The fourth-order valence-corrected chi connectivity index (χ4v) is 3.22. The van der Waals surface area contributed by atoms with Crippen LogP contribution in [-0.2, 0) is 4.79 Å². The van der Waals surface area contributed by atoms with Gasteiger partial charge in [-0.3, -0.25) is 9.36 Å². The number of aromatic nitrogens is 3. The molecule has 1 aromatic carbocycles. The Bertz CT molecular complexity index is 765. The van der Waals surface area contributed by atoms with E-state index in [1.807, 2.05) is 13.8 Å². The third kappa shape index (κ3) is 2.36. The second kappa shape index (κ2) is 5.05. The fraction of sp³-hybridized carbons (Fsp3) is 0.308. The van der Waals surface area contributed by atoms with Crippen LogP contribution < -0.4 is 11.0 Å². The monoisotopic (exact) mass is 306 g/mol. The van der Waals surface area contributed by atoms with E-state index in [4.69, 9.17) is 0 Å². The number of carbonyl (C=O) groups excluding carboxylic acids is 1. The summed E-state index contributed by atoms with van der Waals surface area (Å²) in [5.41, 5.74) is 0.900. The van der Waals surface area contributed by atoms with Crippen LogP contribution in [-0.4, -0.2) is 25.8 Å². The van der Waals surface area contributed by atoms with Crippen LogP contribution in [0.3, 0.4) is 0 Å². The van der Waals surface area contributed by atoms with Crippen molar-refractivity contribution in [1.82, 2.24) is 14.8 Å². The number of H-pyrrole nitrogens is 1. The molecule has 0 bridgehead atoms. The maximum Gasteiger partial charge on any atom is 0.344 e. The average molecular weight is 306 g/mol. The molecule has 1 amide bonds. The number of nitrogens with one attached hydrogen (secondary N) is 2. The molecule has 1 atom stereocenters. The normalized spacial score (nSPS) is 17.1. The lowest BCUT2D eigenvalue weighted by Crippen LogP contribution is -2.19. The Morgan fingerprint density at radius 3 is 2.86 bits per heavy atom. The summed E-state index contributed by atoms with van der Waals surface area (Å²) < 4.78 is 1.56. The minimum Gasteiger partial charge on any atom is -0.378 e. The Morgan fingerprint density at radius 1 is 1.38 bits per heavy atom. The van der Waals surface area contributed by atoms with Gasteiger partial charge in [0.05, 0.1) is 0 Å². The summed E-state index contributed by atoms with van der Waals surface area (Å²) in [6, 6.07) is 5.24. The van der Waals surface area contributed by atoms with Crippen molar-refractivity contribution in [2.75, 3.05) is 5.32 Å². The van der Waals surface area contributed by atoms with Crippen molar-refractivity contribution in [3.05, 3.63) is 34.2 Å². The molecule has 1 unspecified atom stereocenters. The summed E-state index contributed by atoms with van der Waals surface area (Å²) >= 11 is 1.32. The van der Waals surface area contributed by atoms with E-state index in [9.17, 15) is 14.7 Å². The van der Waals surface area contributed by atoms with Crippen LogP contribution >= 0.6 is 11.8 Å². The maximum absolute atomic E-state index is 11.7. The fourth-order valence-electron chi connectivity index (χ4n) is 2.21. The van der Waals surface area contributed by atoms with Crippen molar-refractivity contribution in [3.63, 3.8) is 0 Å². The second-order valence-corrected chi connectivity index (χ2v) is 6.06. The lowest BCUT2D eigenvalue weighted by Gasteiger charge is -2.09. The van der Waals surface area contributed by atoms with E-state index in [0.29, 0.717) is 16.4 Å². The Morgan fingerprint density at radius 2 is 2.14 bits per heavy atom. The molecule has 110 valence electrons. The van der Waals surface area contributed by atoms with Gasteiger partial charge in [-0.1, -0.05) is 6.07 Å². The molecular formula is C13H14N4O3S. The van der Waals surface area contributed by atoms with Crippen molar-refractivity contribution >= 4 is 23.4 Å². The minimum atomic E-state index is -1.11. The number of amides is 1. The molecule has 0 saturated carbocycles. The van der Waals surface area contributed by atoms with Gasteiger partial charge in [0.2, 0.25) is 0 Å². The molecule has 0 spiro atoms. The van der Waals surface area contributed by atoms with Crippen molar-refractivity contribution < 1.29 is 9.90 Å². The molecule has 1 aliphatic heterocycles. The van der Waals surface area contributed by atoms with Crippen molar-refractivity contribution in [2.45, 2.75) is 36.0 Å². The third-order valence-corrected chi connectivity index (χ3v) is 4.18. The van der Waals surface area contributed by atoms with E-state index in [2.05, 4.69) is 15.5 Å². The van der Waals surface area contributed by atoms with E-state index in [-0.39, 0.29) is 11.7 Å². The summed E-state index contributed by atoms with van der Waals surface area (Å²) in [5.74, 6) is -0.425. The van der Waals surface area contributed by atoms with Crippen molar-refractivity contribution in [3.8, 4) is 0 Å². The number of aliphatic hydroxyl groups excluding tert-OH is 1. The summed E-state index contributed by atoms with van der Waals surface area (Å²) in [4.78, 5) is 23.9. The first-order valence-corrected chi connectivity index (χ1v) is 7.26. The highest BCUT2D eigenvalue weighted by Crippen LogP contribution is 2.35. The number of rotatable bonds is 3. The number of carbonyl (C=O) groups is 1. The molecule has 8 heteroatoms. The van der Waals surface area contributed by atoms with E-state index >= 15 is 0 Å². The summed E-state index contributed by atoms with van der Waals surface area (Å²) in [5, 5.41) is 19.3. The third-order valence-electron chi connectivity index (χ3n) is 3.22. The van der Waals surface area contributed by atoms with Gasteiger partial charge in [0, 0.05) is 22.2 Å². The van der Waals surface area contributed by atoms with Crippen LogP contribution in [0, 0.1) is 0 Å². The first-order chi connectivity index (χ1) is 9.97. The van der Waals surface area contributed by atoms with Gasteiger partial charge in [-0.15, -0.1) is 5.10 Å². The van der Waals surface area contributed by atoms with Gasteiger partial charge >= 0.3 is 5.69 Å². The molecule has 0 fully saturated rings. The number of aromatic amines is 1.